The summed E-state index contributed by atoms with van der Waals surface area (Å²) in [4.78, 5) is 12.2. The Kier molecular flexibility index (Phi) is 3.88. The fraction of sp³-hybridized carbons (Fsp3) is 0.235. The SMILES string of the molecule is O=C(COc1cccc(Br)c1)c1ccc2c(c1)CCC2. The summed E-state index contributed by atoms with van der Waals surface area (Å²) in [7, 11) is 0. The molecule has 0 saturated carbocycles. The molecule has 0 fully saturated rings. The van der Waals surface area contributed by atoms with E-state index in [1.165, 1.54) is 17.5 Å². The molecule has 0 aromatic heterocycles. The van der Waals surface area contributed by atoms with Crippen LogP contribution in [0.3, 0.4) is 0 Å². The van der Waals surface area contributed by atoms with E-state index in [9.17, 15) is 4.79 Å². The smallest absolute Gasteiger partial charge is 0.200 e. The topological polar surface area (TPSA) is 26.3 Å². The summed E-state index contributed by atoms with van der Waals surface area (Å²) in [6.07, 6.45) is 3.42. The number of ether oxygens (including phenoxy) is 1. The lowest BCUT2D eigenvalue weighted by Gasteiger charge is -2.07. The maximum absolute atomic E-state index is 12.2. The van der Waals surface area contributed by atoms with Gasteiger partial charge < -0.3 is 4.74 Å². The van der Waals surface area contributed by atoms with E-state index in [1.54, 1.807) is 0 Å². The zero-order valence-electron chi connectivity index (χ0n) is 11.1. The molecule has 1 aliphatic carbocycles. The Morgan fingerprint density at radius 2 is 1.95 bits per heavy atom. The van der Waals surface area contributed by atoms with Crippen LogP contribution in [0, 0.1) is 0 Å². The molecule has 0 atom stereocenters. The van der Waals surface area contributed by atoms with Crippen LogP contribution in [-0.2, 0) is 12.8 Å². The van der Waals surface area contributed by atoms with E-state index in [1.807, 2.05) is 36.4 Å². The third-order valence-electron chi connectivity index (χ3n) is 3.59. The molecule has 0 spiro atoms. The van der Waals surface area contributed by atoms with Gasteiger partial charge in [-0.05, 0) is 54.7 Å². The van der Waals surface area contributed by atoms with Crippen molar-refractivity contribution in [3.05, 3.63) is 63.6 Å². The summed E-state index contributed by atoms with van der Waals surface area (Å²) in [5.41, 5.74) is 3.45. The first-order valence-electron chi connectivity index (χ1n) is 6.76. The average Bonchev–Trinajstić information content (AvgIpc) is 2.92. The Morgan fingerprint density at radius 3 is 2.80 bits per heavy atom. The standard InChI is InChI=1S/C17H15BrO2/c18-15-5-2-6-16(10-15)20-11-17(19)14-8-7-12-3-1-4-13(12)9-14/h2,5-10H,1,3-4,11H2. The third-order valence-corrected chi connectivity index (χ3v) is 4.08. The van der Waals surface area contributed by atoms with Crippen LogP contribution in [0.1, 0.15) is 27.9 Å². The summed E-state index contributed by atoms with van der Waals surface area (Å²) in [6.45, 7) is 0.0786. The monoisotopic (exact) mass is 330 g/mol. The molecule has 0 saturated heterocycles. The quantitative estimate of drug-likeness (QED) is 0.785. The van der Waals surface area contributed by atoms with Crippen LogP contribution < -0.4 is 4.74 Å². The van der Waals surface area contributed by atoms with Crippen molar-refractivity contribution in [2.45, 2.75) is 19.3 Å². The number of fused-ring (bicyclic) bond motifs is 1. The Morgan fingerprint density at radius 1 is 1.10 bits per heavy atom. The minimum Gasteiger partial charge on any atom is -0.485 e. The third kappa shape index (κ3) is 2.93. The lowest BCUT2D eigenvalue weighted by atomic mass is 10.0. The zero-order valence-corrected chi connectivity index (χ0v) is 12.7. The van der Waals surface area contributed by atoms with E-state index < -0.39 is 0 Å². The fourth-order valence-electron chi connectivity index (χ4n) is 2.53. The summed E-state index contributed by atoms with van der Waals surface area (Å²) in [5, 5.41) is 0. The van der Waals surface area contributed by atoms with Gasteiger partial charge >= 0.3 is 0 Å². The second kappa shape index (κ2) is 5.80. The first-order chi connectivity index (χ1) is 9.72. The summed E-state index contributed by atoms with van der Waals surface area (Å²) in [5.74, 6) is 0.730. The van der Waals surface area contributed by atoms with E-state index in [4.69, 9.17) is 4.74 Å². The number of benzene rings is 2. The highest BCUT2D eigenvalue weighted by molar-refractivity contribution is 9.10. The van der Waals surface area contributed by atoms with Crippen molar-refractivity contribution in [3.63, 3.8) is 0 Å². The second-order valence-electron chi connectivity index (χ2n) is 5.01. The highest BCUT2D eigenvalue weighted by atomic mass is 79.9. The molecule has 0 unspecified atom stereocenters. The van der Waals surface area contributed by atoms with Gasteiger partial charge in [0.2, 0.25) is 0 Å². The van der Waals surface area contributed by atoms with Gasteiger partial charge in [-0.3, -0.25) is 4.79 Å². The number of halogens is 1. The van der Waals surface area contributed by atoms with Gasteiger partial charge in [-0.15, -0.1) is 0 Å². The molecule has 2 aromatic carbocycles. The molecule has 20 heavy (non-hydrogen) atoms. The lowest BCUT2D eigenvalue weighted by Crippen LogP contribution is -2.12. The lowest BCUT2D eigenvalue weighted by molar-refractivity contribution is 0.0921. The van der Waals surface area contributed by atoms with Gasteiger partial charge in [0.05, 0.1) is 0 Å². The molecule has 0 amide bonds. The maximum atomic E-state index is 12.2. The largest absolute Gasteiger partial charge is 0.485 e. The van der Waals surface area contributed by atoms with Gasteiger partial charge in [-0.1, -0.05) is 34.1 Å². The average molecular weight is 331 g/mol. The van der Waals surface area contributed by atoms with Crippen molar-refractivity contribution in [2.24, 2.45) is 0 Å². The Bertz CT molecular complexity index is 649. The molecule has 0 bridgehead atoms. The van der Waals surface area contributed by atoms with E-state index in [0.717, 1.165) is 22.9 Å². The van der Waals surface area contributed by atoms with Crippen molar-refractivity contribution in [2.75, 3.05) is 6.61 Å². The molecule has 0 heterocycles. The molecule has 2 aromatic rings. The molecule has 2 nitrogen and oxygen atoms in total. The highest BCUT2D eigenvalue weighted by Gasteiger charge is 2.14. The van der Waals surface area contributed by atoms with Crippen molar-refractivity contribution in [1.82, 2.24) is 0 Å². The number of carbonyl (C=O) groups is 1. The predicted octanol–water partition coefficient (Wildman–Crippen LogP) is 4.20. The first kappa shape index (κ1) is 13.4. The Hall–Kier alpha value is -1.61. The minimum atomic E-state index is 0.0275. The van der Waals surface area contributed by atoms with E-state index >= 15 is 0 Å². The van der Waals surface area contributed by atoms with Crippen molar-refractivity contribution < 1.29 is 9.53 Å². The number of Topliss-reactive ketones (excluding diaryl/α,β-unsaturated/α-hetero) is 1. The van der Waals surface area contributed by atoms with Gasteiger partial charge in [0, 0.05) is 10.0 Å². The summed E-state index contributed by atoms with van der Waals surface area (Å²) >= 11 is 3.38. The van der Waals surface area contributed by atoms with Crippen LogP contribution in [0.15, 0.2) is 46.9 Å². The molecule has 0 N–H and O–H groups in total. The minimum absolute atomic E-state index is 0.0275. The van der Waals surface area contributed by atoms with Crippen molar-refractivity contribution in [1.29, 1.82) is 0 Å². The van der Waals surface area contributed by atoms with Gasteiger partial charge in [0.25, 0.3) is 0 Å². The van der Waals surface area contributed by atoms with Crippen molar-refractivity contribution in [3.8, 4) is 5.75 Å². The zero-order chi connectivity index (χ0) is 13.9. The second-order valence-corrected chi connectivity index (χ2v) is 5.92. The van der Waals surface area contributed by atoms with Crippen LogP contribution in [-0.4, -0.2) is 12.4 Å². The molecule has 0 aliphatic heterocycles. The maximum Gasteiger partial charge on any atom is 0.200 e. The molecular weight excluding hydrogens is 316 g/mol. The van der Waals surface area contributed by atoms with Crippen molar-refractivity contribution >= 4 is 21.7 Å². The van der Waals surface area contributed by atoms with Crippen LogP contribution in [0.25, 0.3) is 0 Å². The molecule has 102 valence electrons. The molecule has 3 heteroatoms. The van der Waals surface area contributed by atoms with Crippen LogP contribution in [0.5, 0.6) is 5.75 Å². The van der Waals surface area contributed by atoms with E-state index in [2.05, 4.69) is 22.0 Å². The fourth-order valence-corrected chi connectivity index (χ4v) is 2.91. The van der Waals surface area contributed by atoms with E-state index in [0.29, 0.717) is 5.75 Å². The number of rotatable bonds is 4. The Balaban J connectivity index is 1.67. The number of hydrogen-bond acceptors (Lipinski definition) is 2. The number of carbonyl (C=O) groups excluding carboxylic acids is 1. The molecule has 1 aliphatic rings. The summed E-state index contributed by atoms with van der Waals surface area (Å²) < 4.78 is 6.49. The van der Waals surface area contributed by atoms with Gasteiger partial charge in [0.15, 0.2) is 12.4 Å². The highest BCUT2D eigenvalue weighted by Crippen LogP contribution is 2.23. The normalized spacial score (nSPS) is 13.1. The van der Waals surface area contributed by atoms with Gasteiger partial charge in [-0.2, -0.15) is 0 Å². The van der Waals surface area contributed by atoms with Gasteiger partial charge in [0.1, 0.15) is 5.75 Å². The number of aryl methyl sites for hydroxylation is 2. The van der Waals surface area contributed by atoms with Gasteiger partial charge in [-0.25, -0.2) is 0 Å². The van der Waals surface area contributed by atoms with Crippen LogP contribution in [0.4, 0.5) is 0 Å². The Labute approximate surface area is 126 Å². The first-order valence-corrected chi connectivity index (χ1v) is 7.55. The molecular formula is C17H15BrO2. The molecule has 3 rings (SSSR count). The molecule has 0 radical (unpaired) electrons. The van der Waals surface area contributed by atoms with E-state index in [-0.39, 0.29) is 12.4 Å². The predicted molar refractivity (Wildman–Crippen MR) is 82.4 cm³/mol. The van der Waals surface area contributed by atoms with Crippen LogP contribution >= 0.6 is 15.9 Å². The number of ketones is 1. The van der Waals surface area contributed by atoms with Crippen LogP contribution in [0.2, 0.25) is 0 Å². The number of hydrogen-bond donors (Lipinski definition) is 0. The summed E-state index contributed by atoms with van der Waals surface area (Å²) in [6, 6.07) is 13.5.